The van der Waals surface area contributed by atoms with Crippen molar-refractivity contribution in [1.82, 2.24) is 19.3 Å². The number of hydrogen-bond donors (Lipinski definition) is 1. The Hall–Kier alpha value is -1.67. The summed E-state index contributed by atoms with van der Waals surface area (Å²) in [6.07, 6.45) is 7.04. The molecule has 1 N–H and O–H groups in total. The summed E-state index contributed by atoms with van der Waals surface area (Å²) in [5.41, 5.74) is 0.508. The molecular formula is C13H18BrN5O2. The average molecular weight is 356 g/mol. The third-order valence-electron chi connectivity index (χ3n) is 2.94. The Bertz CT molecular complexity index is 626. The summed E-state index contributed by atoms with van der Waals surface area (Å²) in [7, 11) is 1.59. The van der Waals surface area contributed by atoms with E-state index in [1.54, 1.807) is 25.8 Å². The highest BCUT2D eigenvalue weighted by molar-refractivity contribution is 9.10. The number of anilines is 1. The lowest BCUT2D eigenvalue weighted by Crippen LogP contribution is -2.28. The SMILES string of the molecule is COCCn1ncc(NC(C)Cn2ccnc2)c(Br)c1=O. The van der Waals surface area contributed by atoms with Crippen LogP contribution >= 0.6 is 15.9 Å². The number of nitrogens with zero attached hydrogens (tertiary/aromatic N) is 4. The number of hydrogen-bond acceptors (Lipinski definition) is 5. The average Bonchev–Trinajstić information content (AvgIpc) is 2.96. The molecule has 0 fully saturated rings. The molecule has 0 aliphatic carbocycles. The van der Waals surface area contributed by atoms with E-state index in [1.165, 1.54) is 4.68 Å². The van der Waals surface area contributed by atoms with Gasteiger partial charge in [0.1, 0.15) is 4.47 Å². The van der Waals surface area contributed by atoms with Crippen molar-refractivity contribution in [2.45, 2.75) is 26.1 Å². The second-order valence-electron chi connectivity index (χ2n) is 4.70. The molecule has 0 spiro atoms. The van der Waals surface area contributed by atoms with Crippen LogP contribution in [0.3, 0.4) is 0 Å². The smallest absolute Gasteiger partial charge is 0.283 e. The first-order valence-corrected chi connectivity index (χ1v) is 7.38. The Morgan fingerprint density at radius 3 is 3.00 bits per heavy atom. The molecule has 2 rings (SSSR count). The van der Waals surface area contributed by atoms with Gasteiger partial charge in [-0.05, 0) is 22.9 Å². The first-order valence-electron chi connectivity index (χ1n) is 6.58. The molecule has 1 unspecified atom stereocenters. The van der Waals surface area contributed by atoms with Crippen LogP contribution in [0, 0.1) is 0 Å². The Balaban J connectivity index is 2.06. The zero-order valence-corrected chi connectivity index (χ0v) is 13.6. The molecule has 0 saturated carbocycles. The van der Waals surface area contributed by atoms with Gasteiger partial charge in [-0.2, -0.15) is 5.10 Å². The Labute approximate surface area is 131 Å². The van der Waals surface area contributed by atoms with E-state index in [4.69, 9.17) is 4.74 Å². The van der Waals surface area contributed by atoms with Crippen LogP contribution in [0.15, 0.2) is 34.2 Å². The normalized spacial score (nSPS) is 12.3. The Morgan fingerprint density at radius 2 is 2.33 bits per heavy atom. The summed E-state index contributed by atoms with van der Waals surface area (Å²) in [6, 6.07) is 0.131. The highest BCUT2D eigenvalue weighted by atomic mass is 79.9. The van der Waals surface area contributed by atoms with Crippen molar-refractivity contribution in [1.29, 1.82) is 0 Å². The van der Waals surface area contributed by atoms with Crippen LogP contribution in [0.1, 0.15) is 6.92 Å². The van der Waals surface area contributed by atoms with E-state index in [9.17, 15) is 4.79 Å². The topological polar surface area (TPSA) is 74.0 Å². The van der Waals surface area contributed by atoms with Crippen LogP contribution in [0.4, 0.5) is 5.69 Å². The van der Waals surface area contributed by atoms with Crippen LogP contribution in [0.25, 0.3) is 0 Å². The minimum atomic E-state index is -0.174. The minimum Gasteiger partial charge on any atom is -0.383 e. The van der Waals surface area contributed by atoms with Gasteiger partial charge < -0.3 is 14.6 Å². The third-order valence-corrected chi connectivity index (χ3v) is 3.70. The van der Waals surface area contributed by atoms with Gasteiger partial charge in [-0.1, -0.05) is 0 Å². The first-order chi connectivity index (χ1) is 10.1. The number of ether oxygens (including phenoxy) is 1. The molecule has 8 heteroatoms. The second-order valence-corrected chi connectivity index (χ2v) is 5.49. The van der Waals surface area contributed by atoms with Crippen molar-refractivity contribution in [3.63, 3.8) is 0 Å². The van der Waals surface area contributed by atoms with E-state index >= 15 is 0 Å². The monoisotopic (exact) mass is 355 g/mol. The van der Waals surface area contributed by atoms with Crippen LogP contribution < -0.4 is 10.9 Å². The molecule has 2 aromatic rings. The zero-order valence-electron chi connectivity index (χ0n) is 12.0. The summed E-state index contributed by atoms with van der Waals surface area (Å²) in [4.78, 5) is 16.1. The summed E-state index contributed by atoms with van der Waals surface area (Å²) < 4.78 is 8.78. The van der Waals surface area contributed by atoms with E-state index < -0.39 is 0 Å². The number of aromatic nitrogens is 4. The number of halogens is 1. The van der Waals surface area contributed by atoms with Gasteiger partial charge in [0, 0.05) is 32.1 Å². The predicted octanol–water partition coefficient (Wildman–Crippen LogP) is 1.35. The molecule has 0 radical (unpaired) electrons. The highest BCUT2D eigenvalue weighted by Crippen LogP contribution is 2.17. The Kier molecular flexibility index (Phi) is 5.51. The largest absolute Gasteiger partial charge is 0.383 e. The minimum absolute atomic E-state index is 0.131. The van der Waals surface area contributed by atoms with Crippen molar-refractivity contribution in [2.75, 3.05) is 19.0 Å². The van der Waals surface area contributed by atoms with Crippen molar-refractivity contribution in [2.24, 2.45) is 0 Å². The van der Waals surface area contributed by atoms with E-state index in [0.717, 1.165) is 6.54 Å². The molecule has 0 aromatic carbocycles. The van der Waals surface area contributed by atoms with E-state index in [0.29, 0.717) is 23.3 Å². The Morgan fingerprint density at radius 1 is 1.52 bits per heavy atom. The third kappa shape index (κ3) is 4.15. The molecule has 2 heterocycles. The van der Waals surface area contributed by atoms with E-state index in [-0.39, 0.29) is 11.6 Å². The summed E-state index contributed by atoms with van der Waals surface area (Å²) in [6.45, 7) is 3.66. The molecule has 2 aromatic heterocycles. The molecule has 1 atom stereocenters. The molecule has 7 nitrogen and oxygen atoms in total. The standard InChI is InChI=1S/C13H18BrN5O2/c1-10(8-18-4-3-15-9-18)17-11-7-16-19(5-6-21-2)13(20)12(11)14/h3-4,7,9-10,17H,5-6,8H2,1-2H3. The number of rotatable bonds is 7. The highest BCUT2D eigenvalue weighted by Gasteiger charge is 2.11. The lowest BCUT2D eigenvalue weighted by molar-refractivity contribution is 0.181. The van der Waals surface area contributed by atoms with Gasteiger partial charge in [-0.25, -0.2) is 9.67 Å². The molecule has 0 aliphatic heterocycles. The maximum absolute atomic E-state index is 12.1. The lowest BCUT2D eigenvalue weighted by atomic mass is 10.3. The zero-order chi connectivity index (χ0) is 15.2. The summed E-state index contributed by atoms with van der Waals surface area (Å²) >= 11 is 3.33. The fourth-order valence-electron chi connectivity index (χ4n) is 1.92. The molecule has 114 valence electrons. The van der Waals surface area contributed by atoms with Gasteiger partial charge in [0.05, 0.1) is 31.4 Å². The predicted molar refractivity (Wildman–Crippen MR) is 83.4 cm³/mol. The quantitative estimate of drug-likeness (QED) is 0.811. The molecule has 0 bridgehead atoms. The van der Waals surface area contributed by atoms with Crippen molar-refractivity contribution >= 4 is 21.6 Å². The van der Waals surface area contributed by atoms with Crippen molar-refractivity contribution in [3.8, 4) is 0 Å². The molecular weight excluding hydrogens is 338 g/mol. The number of nitrogens with one attached hydrogen (secondary N) is 1. The number of methoxy groups -OCH3 is 1. The van der Waals surface area contributed by atoms with Crippen molar-refractivity contribution < 1.29 is 4.74 Å². The fourth-order valence-corrected chi connectivity index (χ4v) is 2.35. The van der Waals surface area contributed by atoms with Gasteiger partial charge in [-0.15, -0.1) is 0 Å². The van der Waals surface area contributed by atoms with Gasteiger partial charge in [-0.3, -0.25) is 4.79 Å². The summed E-state index contributed by atoms with van der Waals surface area (Å²) in [5, 5.41) is 7.41. The lowest BCUT2D eigenvalue weighted by Gasteiger charge is -2.17. The van der Waals surface area contributed by atoms with Crippen LogP contribution in [0.2, 0.25) is 0 Å². The summed E-state index contributed by atoms with van der Waals surface area (Å²) in [5.74, 6) is 0. The molecule has 21 heavy (non-hydrogen) atoms. The van der Waals surface area contributed by atoms with Crippen LogP contribution in [0.5, 0.6) is 0 Å². The fraction of sp³-hybridized carbons (Fsp3) is 0.462. The number of imidazole rings is 1. The van der Waals surface area contributed by atoms with Crippen LogP contribution in [-0.2, 0) is 17.8 Å². The van der Waals surface area contributed by atoms with Gasteiger partial charge in [0.15, 0.2) is 0 Å². The van der Waals surface area contributed by atoms with Gasteiger partial charge in [0.2, 0.25) is 0 Å². The first kappa shape index (κ1) is 15.7. The van der Waals surface area contributed by atoms with Crippen LogP contribution in [-0.4, -0.2) is 39.1 Å². The molecule has 0 aliphatic rings. The maximum Gasteiger partial charge on any atom is 0.283 e. The molecule has 0 amide bonds. The van der Waals surface area contributed by atoms with E-state index in [1.807, 2.05) is 17.7 Å². The van der Waals surface area contributed by atoms with Gasteiger partial charge in [0.25, 0.3) is 5.56 Å². The second kappa shape index (κ2) is 7.37. The maximum atomic E-state index is 12.1. The van der Waals surface area contributed by atoms with E-state index in [2.05, 4.69) is 31.3 Å². The van der Waals surface area contributed by atoms with Crippen molar-refractivity contribution in [3.05, 3.63) is 39.7 Å². The molecule has 0 saturated heterocycles. The van der Waals surface area contributed by atoms with Gasteiger partial charge >= 0.3 is 0 Å².